The number of aromatic nitrogens is 1. The molecule has 0 fully saturated rings. The van der Waals surface area contributed by atoms with E-state index in [1.165, 1.54) is 0 Å². The zero-order valence-corrected chi connectivity index (χ0v) is 13.7. The molecule has 0 saturated heterocycles. The summed E-state index contributed by atoms with van der Waals surface area (Å²) < 4.78 is 5.32. The van der Waals surface area contributed by atoms with Crippen LogP contribution in [0.25, 0.3) is 0 Å². The number of hydrogen-bond acceptors (Lipinski definition) is 4. The highest BCUT2D eigenvalue weighted by Crippen LogP contribution is 2.32. The third kappa shape index (κ3) is 3.93. The molecule has 0 radical (unpaired) electrons. The first-order valence-electron chi connectivity index (χ1n) is 6.40. The van der Waals surface area contributed by atoms with Crippen LogP contribution in [0.3, 0.4) is 0 Å². The molecule has 2 rings (SSSR count). The van der Waals surface area contributed by atoms with Gasteiger partial charge < -0.3 is 15.0 Å². The monoisotopic (exact) mass is 325 g/mol. The number of methoxy groups -OCH3 is 1. The molecule has 1 N–H and O–H groups in total. The van der Waals surface area contributed by atoms with E-state index in [-0.39, 0.29) is 0 Å². The van der Waals surface area contributed by atoms with Crippen molar-refractivity contribution < 1.29 is 4.74 Å². The summed E-state index contributed by atoms with van der Waals surface area (Å²) in [5, 5.41) is 4.57. The predicted molar refractivity (Wildman–Crippen MR) is 88.9 cm³/mol. The van der Waals surface area contributed by atoms with Gasteiger partial charge in [0.2, 0.25) is 5.88 Å². The average molecular weight is 326 g/mol. The molecule has 6 heteroatoms. The molecule has 0 aliphatic carbocycles. The topological polar surface area (TPSA) is 37.4 Å². The normalized spacial score (nSPS) is 10.3. The number of nitrogens with one attached hydrogen (secondary N) is 1. The molecule has 0 amide bonds. The summed E-state index contributed by atoms with van der Waals surface area (Å²) in [6.45, 7) is 0.573. The van der Waals surface area contributed by atoms with Crippen molar-refractivity contribution in [1.82, 2.24) is 4.98 Å². The van der Waals surface area contributed by atoms with Crippen molar-refractivity contribution in [2.45, 2.75) is 6.54 Å². The third-order valence-electron chi connectivity index (χ3n) is 2.96. The smallest absolute Gasteiger partial charge is 0.239 e. The van der Waals surface area contributed by atoms with Gasteiger partial charge in [-0.3, -0.25) is 0 Å². The second kappa shape index (κ2) is 6.87. The van der Waals surface area contributed by atoms with Crippen molar-refractivity contribution in [2.75, 3.05) is 31.4 Å². The van der Waals surface area contributed by atoms with Crippen LogP contribution >= 0.6 is 23.2 Å². The Morgan fingerprint density at radius 3 is 2.43 bits per heavy atom. The Morgan fingerprint density at radius 1 is 1.19 bits per heavy atom. The number of halogens is 2. The van der Waals surface area contributed by atoms with Gasteiger partial charge in [0.15, 0.2) is 0 Å². The minimum Gasteiger partial charge on any atom is -0.479 e. The maximum absolute atomic E-state index is 6.01. The summed E-state index contributed by atoms with van der Waals surface area (Å²) >= 11 is 12.0. The van der Waals surface area contributed by atoms with Crippen molar-refractivity contribution in [3.63, 3.8) is 0 Å². The van der Waals surface area contributed by atoms with Crippen molar-refractivity contribution in [3.05, 3.63) is 46.1 Å². The molecule has 0 atom stereocenters. The first kappa shape index (κ1) is 15.7. The van der Waals surface area contributed by atoms with Crippen LogP contribution in [0, 0.1) is 0 Å². The van der Waals surface area contributed by atoms with Gasteiger partial charge in [-0.25, -0.2) is 4.98 Å². The van der Waals surface area contributed by atoms with E-state index >= 15 is 0 Å². The SMILES string of the molecule is COc1nccc(N(C)C)c1NCc1cc(Cl)cc(Cl)c1. The summed E-state index contributed by atoms with van der Waals surface area (Å²) in [4.78, 5) is 6.22. The molecule has 0 aliphatic rings. The van der Waals surface area contributed by atoms with E-state index in [1.807, 2.05) is 37.2 Å². The Bertz CT molecular complexity index is 612. The largest absolute Gasteiger partial charge is 0.479 e. The van der Waals surface area contributed by atoms with Gasteiger partial charge >= 0.3 is 0 Å². The number of anilines is 2. The molecule has 0 spiro atoms. The van der Waals surface area contributed by atoms with E-state index in [0.29, 0.717) is 22.5 Å². The second-order valence-corrected chi connectivity index (χ2v) is 5.61. The van der Waals surface area contributed by atoms with Crippen LogP contribution in [0.2, 0.25) is 10.0 Å². The van der Waals surface area contributed by atoms with Crippen molar-refractivity contribution in [3.8, 4) is 5.88 Å². The van der Waals surface area contributed by atoms with E-state index in [0.717, 1.165) is 16.9 Å². The molecule has 112 valence electrons. The van der Waals surface area contributed by atoms with Crippen LogP contribution in [0.1, 0.15) is 5.56 Å². The molecule has 0 aliphatic heterocycles. The molecule has 0 saturated carbocycles. The summed E-state index contributed by atoms with van der Waals surface area (Å²) in [6.07, 6.45) is 1.72. The lowest BCUT2D eigenvalue weighted by molar-refractivity contribution is 0.400. The van der Waals surface area contributed by atoms with Gasteiger partial charge in [-0.1, -0.05) is 23.2 Å². The van der Waals surface area contributed by atoms with Crippen LogP contribution in [-0.4, -0.2) is 26.2 Å². The van der Waals surface area contributed by atoms with Gasteiger partial charge in [0.1, 0.15) is 5.69 Å². The number of nitrogens with zero attached hydrogens (tertiary/aromatic N) is 2. The molecule has 1 aromatic heterocycles. The van der Waals surface area contributed by atoms with E-state index < -0.39 is 0 Å². The number of ether oxygens (including phenoxy) is 1. The van der Waals surface area contributed by atoms with Gasteiger partial charge in [0, 0.05) is 36.9 Å². The van der Waals surface area contributed by atoms with E-state index in [1.54, 1.807) is 19.4 Å². The fourth-order valence-corrected chi connectivity index (χ4v) is 2.60. The van der Waals surface area contributed by atoms with Crippen molar-refractivity contribution in [2.24, 2.45) is 0 Å². The zero-order valence-electron chi connectivity index (χ0n) is 12.2. The molecule has 1 aromatic carbocycles. The lowest BCUT2D eigenvalue weighted by atomic mass is 10.2. The number of hydrogen-bond donors (Lipinski definition) is 1. The van der Waals surface area contributed by atoms with Gasteiger partial charge in [-0.15, -0.1) is 0 Å². The molecule has 0 bridgehead atoms. The lowest BCUT2D eigenvalue weighted by Crippen LogP contribution is -2.13. The van der Waals surface area contributed by atoms with Crippen LogP contribution in [0.15, 0.2) is 30.5 Å². The summed E-state index contributed by atoms with van der Waals surface area (Å²) in [6, 6.07) is 7.38. The zero-order chi connectivity index (χ0) is 15.4. The van der Waals surface area contributed by atoms with Gasteiger partial charge in [-0.05, 0) is 29.8 Å². The summed E-state index contributed by atoms with van der Waals surface area (Å²) in [7, 11) is 5.54. The standard InChI is InChI=1S/C15H17Cl2N3O/c1-20(2)13-4-5-18-15(21-3)14(13)19-9-10-6-11(16)8-12(17)7-10/h4-8,19H,9H2,1-3H3. The quantitative estimate of drug-likeness (QED) is 0.898. The number of pyridine rings is 1. The van der Waals surface area contributed by atoms with Crippen LogP contribution < -0.4 is 15.0 Å². The molecule has 21 heavy (non-hydrogen) atoms. The van der Waals surface area contributed by atoms with Crippen molar-refractivity contribution >= 4 is 34.6 Å². The molecular weight excluding hydrogens is 309 g/mol. The van der Waals surface area contributed by atoms with Crippen LogP contribution in [0.5, 0.6) is 5.88 Å². The first-order valence-corrected chi connectivity index (χ1v) is 7.16. The Labute approximate surface area is 134 Å². The summed E-state index contributed by atoms with van der Waals surface area (Å²) in [5.41, 5.74) is 2.82. The Kier molecular flexibility index (Phi) is 5.15. The average Bonchev–Trinajstić information content (AvgIpc) is 2.43. The highest BCUT2D eigenvalue weighted by molar-refractivity contribution is 6.34. The molecule has 2 aromatic rings. The van der Waals surface area contributed by atoms with Gasteiger partial charge in [0.05, 0.1) is 12.8 Å². The molecular formula is C15H17Cl2N3O. The Balaban J connectivity index is 2.26. The molecule has 0 unspecified atom stereocenters. The second-order valence-electron chi connectivity index (χ2n) is 4.74. The maximum atomic E-state index is 6.01. The van der Waals surface area contributed by atoms with E-state index in [9.17, 15) is 0 Å². The number of rotatable bonds is 5. The Morgan fingerprint density at radius 2 is 1.86 bits per heavy atom. The fourth-order valence-electron chi connectivity index (χ4n) is 2.03. The minimum atomic E-state index is 0.550. The predicted octanol–water partition coefficient (Wildman–Crippen LogP) is 4.08. The number of benzene rings is 1. The highest BCUT2D eigenvalue weighted by atomic mass is 35.5. The lowest BCUT2D eigenvalue weighted by Gasteiger charge is -2.20. The van der Waals surface area contributed by atoms with E-state index in [2.05, 4.69) is 10.3 Å². The third-order valence-corrected chi connectivity index (χ3v) is 3.40. The Hall–Kier alpha value is -1.65. The first-order chi connectivity index (χ1) is 10.0. The summed E-state index contributed by atoms with van der Waals surface area (Å²) in [5.74, 6) is 0.550. The molecule has 1 heterocycles. The fraction of sp³-hybridized carbons (Fsp3) is 0.267. The van der Waals surface area contributed by atoms with Crippen LogP contribution in [-0.2, 0) is 6.54 Å². The minimum absolute atomic E-state index is 0.550. The maximum Gasteiger partial charge on any atom is 0.239 e. The van der Waals surface area contributed by atoms with Gasteiger partial charge in [0.25, 0.3) is 0 Å². The molecule has 4 nitrogen and oxygen atoms in total. The van der Waals surface area contributed by atoms with Crippen molar-refractivity contribution in [1.29, 1.82) is 0 Å². The highest BCUT2D eigenvalue weighted by Gasteiger charge is 2.12. The van der Waals surface area contributed by atoms with Gasteiger partial charge in [-0.2, -0.15) is 0 Å². The van der Waals surface area contributed by atoms with Crippen LogP contribution in [0.4, 0.5) is 11.4 Å². The van der Waals surface area contributed by atoms with E-state index in [4.69, 9.17) is 27.9 Å².